The van der Waals surface area contributed by atoms with E-state index in [4.69, 9.17) is 4.42 Å². The van der Waals surface area contributed by atoms with Crippen LogP contribution in [0.25, 0.3) is 0 Å². The molecule has 7 heteroatoms. The van der Waals surface area contributed by atoms with Crippen molar-refractivity contribution in [3.8, 4) is 0 Å². The molecule has 2 aromatic carbocycles. The van der Waals surface area contributed by atoms with Gasteiger partial charge >= 0.3 is 0 Å². The van der Waals surface area contributed by atoms with Crippen LogP contribution in [0.15, 0.2) is 87.5 Å². The molecule has 0 radical (unpaired) electrons. The Balaban J connectivity index is 1.82. The summed E-state index contributed by atoms with van der Waals surface area (Å²) < 4.78 is 35.1. The van der Waals surface area contributed by atoms with Gasteiger partial charge in [-0.05, 0) is 56.2 Å². The Morgan fingerprint density at radius 1 is 1.00 bits per heavy atom. The molecule has 0 amide bonds. The van der Waals surface area contributed by atoms with Crippen LogP contribution in [-0.4, -0.2) is 14.2 Å². The Kier molecular flexibility index (Phi) is 4.70. The molecule has 6 nitrogen and oxygen atoms in total. The van der Waals surface area contributed by atoms with Crippen molar-refractivity contribution in [3.63, 3.8) is 0 Å². The van der Waals surface area contributed by atoms with Gasteiger partial charge in [0.05, 0.1) is 22.5 Å². The molecule has 0 fully saturated rings. The van der Waals surface area contributed by atoms with Crippen molar-refractivity contribution in [2.45, 2.75) is 37.1 Å². The molecule has 0 saturated heterocycles. The maximum atomic E-state index is 14.0. The van der Waals surface area contributed by atoms with Gasteiger partial charge in [0.15, 0.2) is 5.78 Å². The van der Waals surface area contributed by atoms with Crippen LogP contribution in [0.4, 0.5) is 11.4 Å². The van der Waals surface area contributed by atoms with Crippen LogP contribution in [-0.2, 0) is 14.8 Å². The summed E-state index contributed by atoms with van der Waals surface area (Å²) in [5.41, 5.74) is 3.30. The van der Waals surface area contributed by atoms with Gasteiger partial charge in [0.2, 0.25) is 0 Å². The summed E-state index contributed by atoms with van der Waals surface area (Å²) in [5, 5.41) is 3.36. The molecule has 5 rings (SSSR count). The van der Waals surface area contributed by atoms with Crippen molar-refractivity contribution in [1.29, 1.82) is 0 Å². The first-order valence-corrected chi connectivity index (χ1v) is 11.7. The number of carbonyl (C=O) groups is 1. The largest absolute Gasteiger partial charge is 0.467 e. The van der Waals surface area contributed by atoms with Crippen LogP contribution >= 0.6 is 0 Å². The SMILES string of the molecule is Cc1ccc(S(=O)(=O)N2c3ccccc3NC3=C(C(=O)CCC3)[C@H]2c2ccco2)cc1. The van der Waals surface area contributed by atoms with Crippen LogP contribution < -0.4 is 9.62 Å². The lowest BCUT2D eigenvalue weighted by Gasteiger charge is -2.33. The normalized spacial score (nSPS) is 18.8. The van der Waals surface area contributed by atoms with Gasteiger partial charge in [-0.25, -0.2) is 12.7 Å². The molecule has 2 heterocycles. The predicted molar refractivity (Wildman–Crippen MR) is 118 cm³/mol. The van der Waals surface area contributed by atoms with E-state index >= 15 is 0 Å². The first kappa shape index (κ1) is 19.6. The number of Topliss-reactive ketones (excluding diaryl/α,β-unsaturated/α-hetero) is 1. The highest BCUT2D eigenvalue weighted by Gasteiger charge is 2.43. The molecule has 1 aromatic heterocycles. The van der Waals surface area contributed by atoms with E-state index < -0.39 is 16.1 Å². The molecule has 0 saturated carbocycles. The van der Waals surface area contributed by atoms with E-state index in [0.29, 0.717) is 35.5 Å². The maximum Gasteiger partial charge on any atom is 0.265 e. The monoisotopic (exact) mass is 434 g/mol. The van der Waals surface area contributed by atoms with E-state index in [1.807, 2.05) is 19.1 Å². The van der Waals surface area contributed by atoms with Gasteiger partial charge < -0.3 is 9.73 Å². The van der Waals surface area contributed by atoms with Gasteiger partial charge in [-0.15, -0.1) is 0 Å². The predicted octanol–water partition coefficient (Wildman–Crippen LogP) is 4.96. The molecule has 2 aliphatic rings. The highest BCUT2D eigenvalue weighted by molar-refractivity contribution is 7.92. The Hall–Kier alpha value is -3.32. The number of rotatable bonds is 3. The van der Waals surface area contributed by atoms with Crippen molar-refractivity contribution in [2.24, 2.45) is 0 Å². The quantitative estimate of drug-likeness (QED) is 0.630. The minimum Gasteiger partial charge on any atom is -0.467 e. The highest BCUT2D eigenvalue weighted by atomic mass is 32.2. The summed E-state index contributed by atoms with van der Waals surface area (Å²) in [7, 11) is -4.02. The van der Waals surface area contributed by atoms with E-state index in [0.717, 1.165) is 17.7 Å². The maximum absolute atomic E-state index is 14.0. The third-order valence-electron chi connectivity index (χ3n) is 5.78. The summed E-state index contributed by atoms with van der Waals surface area (Å²) in [6, 6.07) is 16.5. The van der Waals surface area contributed by atoms with Crippen molar-refractivity contribution in [2.75, 3.05) is 9.62 Å². The number of allylic oxidation sites excluding steroid dienone is 1. The molecule has 0 bridgehead atoms. The number of nitrogens with zero attached hydrogens (tertiary/aromatic N) is 1. The summed E-state index contributed by atoms with van der Waals surface area (Å²) in [6.07, 6.45) is 3.28. The van der Waals surface area contributed by atoms with Crippen LogP contribution in [0.1, 0.15) is 36.6 Å². The average molecular weight is 435 g/mol. The Labute approximate surface area is 181 Å². The number of benzene rings is 2. The molecule has 1 N–H and O–H groups in total. The number of fused-ring (bicyclic) bond motifs is 1. The van der Waals surface area contributed by atoms with E-state index in [-0.39, 0.29) is 10.7 Å². The summed E-state index contributed by atoms with van der Waals surface area (Å²) in [5.74, 6) is 0.351. The highest BCUT2D eigenvalue weighted by Crippen LogP contribution is 2.47. The molecule has 31 heavy (non-hydrogen) atoms. The first-order valence-electron chi connectivity index (χ1n) is 10.2. The lowest BCUT2D eigenvalue weighted by molar-refractivity contribution is -0.116. The van der Waals surface area contributed by atoms with Crippen LogP contribution in [0, 0.1) is 6.92 Å². The van der Waals surface area contributed by atoms with Gasteiger partial charge in [0.1, 0.15) is 11.8 Å². The number of sulfonamides is 1. The van der Waals surface area contributed by atoms with Gasteiger partial charge in [-0.3, -0.25) is 4.79 Å². The number of hydrogen-bond acceptors (Lipinski definition) is 5. The van der Waals surface area contributed by atoms with Gasteiger partial charge in [-0.2, -0.15) is 0 Å². The minimum atomic E-state index is -4.02. The fourth-order valence-corrected chi connectivity index (χ4v) is 5.91. The molecule has 0 unspecified atom stereocenters. The summed E-state index contributed by atoms with van der Waals surface area (Å²) in [6.45, 7) is 1.91. The second-order valence-corrected chi connectivity index (χ2v) is 9.66. The standard InChI is InChI=1S/C24H22N2O4S/c1-16-11-13-17(14-12-16)31(28,29)26-20-8-3-2-6-18(20)25-19-7-4-9-21(27)23(19)24(26)22-10-5-15-30-22/h2-3,5-6,8,10-15,24-25H,4,7,9H2,1H3/t24-/m1/s1. The second kappa shape index (κ2) is 7.42. The number of ketones is 1. The number of anilines is 2. The number of aryl methyl sites for hydroxylation is 1. The average Bonchev–Trinajstić information content (AvgIpc) is 3.23. The van der Waals surface area contributed by atoms with Crippen LogP contribution in [0.2, 0.25) is 0 Å². The Morgan fingerprint density at radius 3 is 2.52 bits per heavy atom. The Bertz CT molecular complexity index is 1280. The zero-order valence-electron chi connectivity index (χ0n) is 17.0. The second-order valence-electron chi connectivity index (χ2n) is 7.84. The Morgan fingerprint density at radius 2 is 1.77 bits per heavy atom. The van der Waals surface area contributed by atoms with Gasteiger partial charge in [0.25, 0.3) is 10.0 Å². The lowest BCUT2D eigenvalue weighted by Crippen LogP contribution is -2.37. The third-order valence-corrected chi connectivity index (χ3v) is 7.57. The van der Waals surface area contributed by atoms with E-state index in [1.165, 1.54) is 10.6 Å². The zero-order chi connectivity index (χ0) is 21.6. The van der Waals surface area contributed by atoms with Crippen LogP contribution in [0.3, 0.4) is 0 Å². The van der Waals surface area contributed by atoms with Crippen LogP contribution in [0.5, 0.6) is 0 Å². The topological polar surface area (TPSA) is 79.6 Å². The molecular weight excluding hydrogens is 412 g/mol. The van der Waals surface area contributed by atoms with Gasteiger partial charge in [0, 0.05) is 17.7 Å². The van der Waals surface area contributed by atoms with Gasteiger partial charge in [-0.1, -0.05) is 29.8 Å². The first-order chi connectivity index (χ1) is 15.0. The summed E-state index contributed by atoms with van der Waals surface area (Å²) in [4.78, 5) is 13.3. The minimum absolute atomic E-state index is 0.0629. The molecule has 1 atom stereocenters. The van der Waals surface area contributed by atoms with Crippen molar-refractivity contribution < 1.29 is 17.6 Å². The summed E-state index contributed by atoms with van der Waals surface area (Å²) >= 11 is 0. The zero-order valence-corrected chi connectivity index (χ0v) is 17.9. The molecule has 0 spiro atoms. The van der Waals surface area contributed by atoms with Crippen molar-refractivity contribution in [1.82, 2.24) is 0 Å². The number of hydrogen-bond donors (Lipinski definition) is 1. The number of nitrogens with one attached hydrogen (secondary N) is 1. The fraction of sp³-hybridized carbons (Fsp3) is 0.208. The molecule has 1 aliphatic heterocycles. The molecule has 158 valence electrons. The number of carbonyl (C=O) groups excluding carboxylic acids is 1. The lowest BCUT2D eigenvalue weighted by atomic mass is 9.89. The molecular formula is C24H22N2O4S. The van der Waals surface area contributed by atoms with E-state index in [1.54, 1.807) is 48.5 Å². The number of furan rings is 1. The van der Waals surface area contributed by atoms with Crippen molar-refractivity contribution >= 4 is 27.2 Å². The number of para-hydroxylation sites is 2. The van der Waals surface area contributed by atoms with Crippen molar-refractivity contribution in [3.05, 3.63) is 89.5 Å². The molecule has 1 aliphatic carbocycles. The van der Waals surface area contributed by atoms with E-state index in [9.17, 15) is 13.2 Å². The molecule has 3 aromatic rings. The fourth-order valence-electron chi connectivity index (χ4n) is 4.30. The third kappa shape index (κ3) is 3.25. The smallest absolute Gasteiger partial charge is 0.265 e. The van der Waals surface area contributed by atoms with E-state index in [2.05, 4.69) is 5.32 Å².